The molecule has 0 N–H and O–H groups in total. The summed E-state index contributed by atoms with van der Waals surface area (Å²) < 4.78 is 2.31. The summed E-state index contributed by atoms with van der Waals surface area (Å²) in [6, 6.07) is 17.6. The maximum atomic E-state index is 2.45. The molecule has 24 heavy (non-hydrogen) atoms. The Morgan fingerprint density at radius 2 is 1.71 bits per heavy atom. The van der Waals surface area contributed by atoms with Gasteiger partial charge in [0.1, 0.15) is 0 Å². The van der Waals surface area contributed by atoms with Gasteiger partial charge >= 0.3 is 158 Å². The number of hydrogen-bond donors (Lipinski definition) is 0. The summed E-state index contributed by atoms with van der Waals surface area (Å²) in [7, 11) is 0. The molecule has 2 aromatic rings. The molecule has 0 saturated heterocycles. The van der Waals surface area contributed by atoms with Gasteiger partial charge in [-0.3, -0.25) is 0 Å². The quantitative estimate of drug-likeness (QED) is 0.505. The third-order valence-electron chi connectivity index (χ3n) is 4.97. The number of benzene rings is 2. The molecular weight excluding hydrogens is 367 g/mol. The first kappa shape index (κ1) is 17.4. The van der Waals surface area contributed by atoms with Crippen LogP contribution in [0.1, 0.15) is 42.4 Å². The van der Waals surface area contributed by atoms with Gasteiger partial charge in [-0.1, -0.05) is 0 Å². The van der Waals surface area contributed by atoms with Crippen molar-refractivity contribution < 1.29 is 23.2 Å². The molecule has 1 unspecified atom stereocenters. The number of hydrogen-bond acceptors (Lipinski definition) is 0. The Balaban J connectivity index is 1.93. The summed E-state index contributed by atoms with van der Waals surface area (Å²) in [5.41, 5.74) is 8.59. The van der Waals surface area contributed by atoms with Gasteiger partial charge < -0.3 is 0 Å². The molecule has 0 fully saturated rings. The van der Waals surface area contributed by atoms with Crippen molar-refractivity contribution in [3.8, 4) is 11.1 Å². The van der Waals surface area contributed by atoms with Crippen molar-refractivity contribution in [1.29, 1.82) is 0 Å². The molecule has 120 valence electrons. The topological polar surface area (TPSA) is 0 Å². The Morgan fingerprint density at radius 3 is 2.42 bits per heavy atom. The fourth-order valence-electron chi connectivity index (χ4n) is 3.19. The first-order valence-corrected chi connectivity index (χ1v) is 11.2. The Labute approximate surface area is 157 Å². The predicted molar refractivity (Wildman–Crippen MR) is 101 cm³/mol. The summed E-state index contributed by atoms with van der Waals surface area (Å²) in [6.45, 7) is 8.99. The van der Waals surface area contributed by atoms with Crippen LogP contribution in [0.15, 0.2) is 75.1 Å². The molecule has 1 aliphatic carbocycles. The summed E-state index contributed by atoms with van der Waals surface area (Å²) in [5, 5.41) is 0. The van der Waals surface area contributed by atoms with E-state index in [1.165, 1.54) is 33.4 Å². The van der Waals surface area contributed by atoms with Gasteiger partial charge in [-0.15, -0.1) is 0 Å². The third-order valence-corrected chi connectivity index (χ3v) is 8.96. The Morgan fingerprint density at radius 1 is 0.958 bits per heavy atom. The van der Waals surface area contributed by atoms with E-state index in [4.69, 9.17) is 0 Å². The second-order valence-electron chi connectivity index (χ2n) is 6.38. The normalized spacial score (nSPS) is 17.5. The molecule has 0 bridgehead atoms. The fourth-order valence-corrected chi connectivity index (χ4v) is 6.82. The van der Waals surface area contributed by atoms with Crippen molar-refractivity contribution in [2.75, 3.05) is 0 Å². The second-order valence-corrected chi connectivity index (χ2v) is 10.5. The van der Waals surface area contributed by atoms with Crippen molar-refractivity contribution in [3.63, 3.8) is 0 Å². The zero-order valence-corrected chi connectivity index (χ0v) is 17.4. The zero-order chi connectivity index (χ0) is 17.1. The van der Waals surface area contributed by atoms with Crippen molar-refractivity contribution in [2.24, 2.45) is 0 Å². The average molecular weight is 392 g/mol. The predicted octanol–water partition coefficient (Wildman–Crippen LogP) is 6.76. The van der Waals surface area contributed by atoms with E-state index in [-0.39, 0.29) is 0 Å². The van der Waals surface area contributed by atoms with Crippen LogP contribution in [0.5, 0.6) is 0 Å². The fraction of sp³-hybridized carbons (Fsp3) is 0.217. The van der Waals surface area contributed by atoms with Crippen LogP contribution in [0.25, 0.3) is 17.2 Å². The van der Waals surface area contributed by atoms with Gasteiger partial charge in [0, 0.05) is 0 Å². The van der Waals surface area contributed by atoms with E-state index in [9.17, 15) is 0 Å². The van der Waals surface area contributed by atoms with Crippen molar-refractivity contribution in [1.82, 2.24) is 0 Å². The van der Waals surface area contributed by atoms with E-state index >= 15 is 0 Å². The van der Waals surface area contributed by atoms with Gasteiger partial charge in [-0.2, -0.15) is 0 Å². The van der Waals surface area contributed by atoms with Crippen LogP contribution in [0, 0.1) is 0 Å². The van der Waals surface area contributed by atoms with Crippen molar-refractivity contribution >= 4 is 6.08 Å². The molecule has 0 spiro atoms. The summed E-state index contributed by atoms with van der Waals surface area (Å²) in [6.07, 6.45) is 7.03. The van der Waals surface area contributed by atoms with Gasteiger partial charge in [0.2, 0.25) is 0 Å². The number of rotatable bonds is 4. The molecule has 3 rings (SSSR count). The Bertz CT molecular complexity index is 822. The minimum atomic E-state index is -0.662. The summed E-state index contributed by atoms with van der Waals surface area (Å²) in [5.74, 6) is 0. The van der Waals surface area contributed by atoms with Crippen LogP contribution >= 0.6 is 0 Å². The van der Waals surface area contributed by atoms with Gasteiger partial charge in [0.05, 0.1) is 0 Å². The van der Waals surface area contributed by atoms with Gasteiger partial charge in [0.15, 0.2) is 0 Å². The zero-order valence-electron chi connectivity index (χ0n) is 14.9. The Kier molecular flexibility index (Phi) is 5.51. The molecule has 0 aliphatic heterocycles. The van der Waals surface area contributed by atoms with E-state index in [1.54, 1.807) is 3.28 Å². The molecule has 1 aliphatic rings. The van der Waals surface area contributed by atoms with Gasteiger partial charge in [-0.25, -0.2) is 0 Å². The molecule has 0 saturated carbocycles. The molecule has 0 aromatic heterocycles. The van der Waals surface area contributed by atoms with E-state index in [0.29, 0.717) is 3.63 Å². The van der Waals surface area contributed by atoms with E-state index < -0.39 is 23.2 Å². The van der Waals surface area contributed by atoms with Crippen LogP contribution in [0.4, 0.5) is 0 Å². The molecule has 0 heterocycles. The van der Waals surface area contributed by atoms with Crippen LogP contribution in [0.3, 0.4) is 0 Å². The van der Waals surface area contributed by atoms with E-state index in [1.807, 2.05) is 0 Å². The Hall–Kier alpha value is -1.46. The van der Waals surface area contributed by atoms with Crippen molar-refractivity contribution in [3.05, 3.63) is 86.2 Å². The molecule has 0 amide bonds. The molecule has 0 nitrogen and oxygen atoms in total. The minimum absolute atomic E-state index is 0.659. The molecule has 1 atom stereocenters. The maximum absolute atomic E-state index is 2.45. The van der Waals surface area contributed by atoms with Crippen LogP contribution in [-0.2, 0) is 23.2 Å². The SMILES string of the molecule is C/C=C(C)/C(C)=[C](\C)[Zr][CH]1C=Cc2c(-c3ccccc3)cccc21. The van der Waals surface area contributed by atoms with E-state index in [0.717, 1.165) is 0 Å². The first-order valence-electron chi connectivity index (χ1n) is 8.55. The molecular formula is C23H24Zr. The standard InChI is InChI=1S/C15H11.C8H13.Zr/c1-2-6-12(7-3-1)14-10-4-8-13-9-5-11-15(13)14;1-5-7(3)8(4)6-2;/h1-11H;5H,1-4H3;/b;7-5+,8-6?;. The molecule has 1 heteroatoms. The van der Waals surface area contributed by atoms with Crippen molar-refractivity contribution in [2.45, 2.75) is 31.3 Å². The van der Waals surface area contributed by atoms with Crippen LogP contribution < -0.4 is 0 Å². The van der Waals surface area contributed by atoms with Crippen LogP contribution in [-0.4, -0.2) is 0 Å². The van der Waals surface area contributed by atoms with Gasteiger partial charge in [0.25, 0.3) is 0 Å². The molecule has 0 radical (unpaired) electrons. The third kappa shape index (κ3) is 3.47. The second kappa shape index (κ2) is 7.62. The average Bonchev–Trinajstić information content (AvgIpc) is 3.04. The number of allylic oxidation sites excluding steroid dienone is 5. The number of fused-ring (bicyclic) bond motifs is 1. The monoisotopic (exact) mass is 390 g/mol. The molecule has 2 aromatic carbocycles. The van der Waals surface area contributed by atoms with Gasteiger partial charge in [-0.05, 0) is 0 Å². The summed E-state index contributed by atoms with van der Waals surface area (Å²) >= 11 is -0.662. The first-order chi connectivity index (χ1) is 11.6. The van der Waals surface area contributed by atoms with Crippen LogP contribution in [0.2, 0.25) is 0 Å². The summed E-state index contributed by atoms with van der Waals surface area (Å²) in [4.78, 5) is 0. The van der Waals surface area contributed by atoms with E-state index in [2.05, 4.69) is 94.5 Å².